The lowest BCUT2D eigenvalue weighted by atomic mass is 9.98. The van der Waals surface area contributed by atoms with Crippen molar-refractivity contribution in [1.82, 2.24) is 10.2 Å². The van der Waals surface area contributed by atoms with Crippen molar-refractivity contribution < 1.29 is 28.3 Å². The summed E-state index contributed by atoms with van der Waals surface area (Å²) in [6.07, 6.45) is 3.33. The Morgan fingerprint density at radius 2 is 2.00 bits per heavy atom. The van der Waals surface area contributed by atoms with Gasteiger partial charge in [-0.2, -0.15) is 0 Å². The molecule has 28 heavy (non-hydrogen) atoms. The SMILES string of the molecule is O=C(COC(=O)CCCN1C(=O)NC2(CCCC2)C1=O)Nc1cccc(F)c1. The Labute approximate surface area is 161 Å². The molecule has 4 amide bonds. The summed E-state index contributed by atoms with van der Waals surface area (Å²) in [4.78, 5) is 49.2. The largest absolute Gasteiger partial charge is 0.456 e. The van der Waals surface area contributed by atoms with E-state index in [0.29, 0.717) is 12.8 Å². The molecule has 3 rings (SSSR count). The van der Waals surface area contributed by atoms with Crippen molar-refractivity contribution in [3.05, 3.63) is 30.1 Å². The second-order valence-electron chi connectivity index (χ2n) is 7.00. The van der Waals surface area contributed by atoms with Gasteiger partial charge in [0.05, 0.1) is 0 Å². The first-order valence-electron chi connectivity index (χ1n) is 9.25. The van der Waals surface area contributed by atoms with Gasteiger partial charge in [0.1, 0.15) is 11.4 Å². The first-order valence-corrected chi connectivity index (χ1v) is 9.25. The van der Waals surface area contributed by atoms with E-state index in [1.807, 2.05) is 0 Å². The number of ether oxygens (including phenoxy) is 1. The first kappa shape index (κ1) is 19.8. The number of nitrogens with one attached hydrogen (secondary N) is 2. The summed E-state index contributed by atoms with van der Waals surface area (Å²) in [5.74, 6) is -1.92. The van der Waals surface area contributed by atoms with Crippen molar-refractivity contribution in [2.75, 3.05) is 18.5 Å². The summed E-state index contributed by atoms with van der Waals surface area (Å²) in [7, 11) is 0. The molecule has 0 unspecified atom stereocenters. The van der Waals surface area contributed by atoms with E-state index in [0.717, 1.165) is 23.8 Å². The number of anilines is 1. The lowest BCUT2D eigenvalue weighted by Gasteiger charge is -2.19. The van der Waals surface area contributed by atoms with Crippen LogP contribution in [0, 0.1) is 5.82 Å². The third-order valence-corrected chi connectivity index (χ3v) is 4.94. The number of urea groups is 1. The molecule has 1 saturated heterocycles. The van der Waals surface area contributed by atoms with E-state index in [9.17, 15) is 23.6 Å². The molecule has 1 heterocycles. The predicted octanol–water partition coefficient (Wildman–Crippen LogP) is 1.95. The smallest absolute Gasteiger partial charge is 0.325 e. The van der Waals surface area contributed by atoms with Crippen LogP contribution in [-0.4, -0.2) is 47.4 Å². The van der Waals surface area contributed by atoms with Crippen molar-refractivity contribution in [2.45, 2.75) is 44.1 Å². The average Bonchev–Trinajstić information content (AvgIpc) is 3.20. The molecule has 150 valence electrons. The number of rotatable bonds is 7. The van der Waals surface area contributed by atoms with E-state index in [1.165, 1.54) is 18.2 Å². The Kier molecular flexibility index (Phi) is 5.91. The molecular weight excluding hydrogens is 369 g/mol. The zero-order chi connectivity index (χ0) is 20.1. The number of hydrogen-bond donors (Lipinski definition) is 2. The number of carbonyl (C=O) groups excluding carboxylic acids is 4. The van der Waals surface area contributed by atoms with E-state index < -0.39 is 35.9 Å². The summed E-state index contributed by atoms with van der Waals surface area (Å²) in [6.45, 7) is -0.376. The van der Waals surface area contributed by atoms with Crippen molar-refractivity contribution in [2.24, 2.45) is 0 Å². The summed E-state index contributed by atoms with van der Waals surface area (Å²) in [6, 6.07) is 4.93. The second kappa shape index (κ2) is 8.37. The maximum absolute atomic E-state index is 13.1. The molecule has 1 aromatic carbocycles. The molecule has 9 heteroatoms. The number of carbonyl (C=O) groups is 4. The van der Waals surface area contributed by atoms with Crippen LogP contribution in [0.15, 0.2) is 24.3 Å². The van der Waals surface area contributed by atoms with Crippen molar-refractivity contribution in [3.63, 3.8) is 0 Å². The number of nitrogens with zero attached hydrogens (tertiary/aromatic N) is 1. The maximum atomic E-state index is 13.1. The predicted molar refractivity (Wildman–Crippen MR) is 96.7 cm³/mol. The molecule has 1 saturated carbocycles. The van der Waals surface area contributed by atoms with Gasteiger partial charge in [-0.15, -0.1) is 0 Å². The Hall–Kier alpha value is -2.97. The first-order chi connectivity index (χ1) is 13.4. The maximum Gasteiger partial charge on any atom is 0.325 e. The third kappa shape index (κ3) is 4.47. The molecule has 0 aromatic heterocycles. The van der Waals surface area contributed by atoms with Crippen LogP contribution in [0.5, 0.6) is 0 Å². The van der Waals surface area contributed by atoms with E-state index >= 15 is 0 Å². The highest BCUT2D eigenvalue weighted by Gasteiger charge is 2.52. The van der Waals surface area contributed by atoms with Gasteiger partial charge >= 0.3 is 12.0 Å². The van der Waals surface area contributed by atoms with Gasteiger partial charge in [-0.1, -0.05) is 18.9 Å². The minimum atomic E-state index is -0.757. The molecule has 0 radical (unpaired) electrons. The summed E-state index contributed by atoms with van der Waals surface area (Å²) >= 11 is 0. The van der Waals surface area contributed by atoms with Gasteiger partial charge in [-0.3, -0.25) is 19.3 Å². The fraction of sp³-hybridized carbons (Fsp3) is 0.474. The van der Waals surface area contributed by atoms with Gasteiger partial charge < -0.3 is 15.4 Å². The fourth-order valence-electron chi connectivity index (χ4n) is 3.56. The molecular formula is C19H22FN3O5. The minimum absolute atomic E-state index is 0.0305. The highest BCUT2D eigenvalue weighted by atomic mass is 19.1. The summed E-state index contributed by atoms with van der Waals surface area (Å²) in [5, 5.41) is 5.19. The van der Waals surface area contributed by atoms with Crippen LogP contribution in [0.25, 0.3) is 0 Å². The molecule has 0 bridgehead atoms. The van der Waals surface area contributed by atoms with Crippen molar-refractivity contribution in [3.8, 4) is 0 Å². The van der Waals surface area contributed by atoms with E-state index in [1.54, 1.807) is 0 Å². The lowest BCUT2D eigenvalue weighted by Crippen LogP contribution is -2.44. The Morgan fingerprint density at radius 3 is 2.71 bits per heavy atom. The zero-order valence-electron chi connectivity index (χ0n) is 15.3. The quantitative estimate of drug-likeness (QED) is 0.546. The number of benzene rings is 1. The summed E-state index contributed by atoms with van der Waals surface area (Å²) in [5.41, 5.74) is -0.493. The zero-order valence-corrected chi connectivity index (χ0v) is 15.3. The molecule has 1 spiro atoms. The van der Waals surface area contributed by atoms with Crippen LogP contribution in [0.4, 0.5) is 14.9 Å². The third-order valence-electron chi connectivity index (χ3n) is 4.94. The van der Waals surface area contributed by atoms with E-state index in [4.69, 9.17) is 4.74 Å². The topological polar surface area (TPSA) is 105 Å². The highest BCUT2D eigenvalue weighted by Crippen LogP contribution is 2.35. The number of esters is 1. The van der Waals surface area contributed by atoms with Gasteiger partial charge in [-0.25, -0.2) is 9.18 Å². The second-order valence-corrected chi connectivity index (χ2v) is 7.00. The van der Waals surface area contributed by atoms with Crippen LogP contribution in [-0.2, 0) is 19.1 Å². The molecule has 1 aliphatic heterocycles. The average molecular weight is 391 g/mol. The lowest BCUT2D eigenvalue weighted by molar-refractivity contribution is -0.147. The molecule has 2 N–H and O–H groups in total. The van der Waals surface area contributed by atoms with Gasteiger partial charge in [0.25, 0.3) is 11.8 Å². The molecule has 1 aromatic rings. The van der Waals surface area contributed by atoms with Gasteiger partial charge in [0, 0.05) is 18.7 Å². The molecule has 8 nitrogen and oxygen atoms in total. The molecule has 1 aliphatic carbocycles. The normalized spacial score (nSPS) is 17.7. The van der Waals surface area contributed by atoms with Crippen LogP contribution < -0.4 is 10.6 Å². The fourth-order valence-corrected chi connectivity index (χ4v) is 3.56. The Balaban J connectivity index is 1.37. The van der Waals surface area contributed by atoms with Gasteiger partial charge in [0.2, 0.25) is 0 Å². The Morgan fingerprint density at radius 1 is 1.25 bits per heavy atom. The van der Waals surface area contributed by atoms with E-state index in [2.05, 4.69) is 10.6 Å². The standard InChI is InChI=1S/C19H22FN3O5/c20-13-5-3-6-14(11-13)21-15(24)12-28-16(25)7-4-10-23-17(26)19(22-18(23)27)8-1-2-9-19/h3,5-6,11H,1-2,4,7-10,12H2,(H,21,24)(H,22,27). The van der Waals surface area contributed by atoms with E-state index in [-0.39, 0.29) is 31.0 Å². The highest BCUT2D eigenvalue weighted by molar-refractivity contribution is 6.07. The monoisotopic (exact) mass is 391 g/mol. The van der Waals surface area contributed by atoms with Crippen molar-refractivity contribution >= 4 is 29.5 Å². The number of hydrogen-bond acceptors (Lipinski definition) is 5. The van der Waals surface area contributed by atoms with Crippen LogP contribution in [0.3, 0.4) is 0 Å². The minimum Gasteiger partial charge on any atom is -0.456 e. The van der Waals surface area contributed by atoms with Crippen molar-refractivity contribution in [1.29, 1.82) is 0 Å². The molecule has 0 atom stereocenters. The number of halogens is 1. The Bertz CT molecular complexity index is 792. The number of amides is 4. The number of imide groups is 1. The molecule has 2 aliphatic rings. The summed E-state index contributed by atoms with van der Waals surface area (Å²) < 4.78 is 17.9. The van der Waals surface area contributed by atoms with Gasteiger partial charge in [0.15, 0.2) is 6.61 Å². The van der Waals surface area contributed by atoms with Crippen LogP contribution >= 0.6 is 0 Å². The van der Waals surface area contributed by atoms with Gasteiger partial charge in [-0.05, 0) is 37.5 Å². The molecule has 2 fully saturated rings. The van der Waals surface area contributed by atoms with Crippen LogP contribution in [0.1, 0.15) is 38.5 Å². The van der Waals surface area contributed by atoms with Crippen LogP contribution in [0.2, 0.25) is 0 Å².